The van der Waals surface area contributed by atoms with Crippen molar-refractivity contribution < 1.29 is 4.79 Å². The fourth-order valence-electron chi connectivity index (χ4n) is 1.23. The molecule has 0 aliphatic heterocycles. The number of rotatable bonds is 3. The topological polar surface area (TPSA) is 30.0 Å². The summed E-state index contributed by atoms with van der Waals surface area (Å²) in [5, 5.41) is 0. The molecule has 0 amide bonds. The fraction of sp³-hybridized carbons (Fsp3) is 0.0909. The van der Waals surface area contributed by atoms with Crippen LogP contribution in [0.15, 0.2) is 36.0 Å². The maximum atomic E-state index is 11.8. The SMILES string of the molecule is O=C(Cc1cncs1)c1ccc(I)cc1. The molecule has 1 heterocycles. The van der Waals surface area contributed by atoms with E-state index in [-0.39, 0.29) is 5.78 Å². The van der Waals surface area contributed by atoms with E-state index >= 15 is 0 Å². The molecule has 0 bridgehead atoms. The molecule has 76 valence electrons. The maximum absolute atomic E-state index is 11.8. The van der Waals surface area contributed by atoms with Gasteiger partial charge < -0.3 is 0 Å². The van der Waals surface area contributed by atoms with Gasteiger partial charge in [0, 0.05) is 26.6 Å². The van der Waals surface area contributed by atoms with Crippen molar-refractivity contribution in [3.05, 3.63) is 50.0 Å². The lowest BCUT2D eigenvalue weighted by Crippen LogP contribution is -2.01. The Morgan fingerprint density at radius 3 is 2.67 bits per heavy atom. The van der Waals surface area contributed by atoms with Gasteiger partial charge in [0.15, 0.2) is 5.78 Å². The van der Waals surface area contributed by atoms with Crippen LogP contribution in [0.25, 0.3) is 0 Å². The molecule has 1 aromatic carbocycles. The lowest BCUT2D eigenvalue weighted by Gasteiger charge is -1.98. The van der Waals surface area contributed by atoms with Crippen LogP contribution in [0.5, 0.6) is 0 Å². The molecule has 0 N–H and O–H groups in total. The van der Waals surface area contributed by atoms with Gasteiger partial charge in [0.1, 0.15) is 0 Å². The van der Waals surface area contributed by atoms with Crippen molar-refractivity contribution in [3.8, 4) is 0 Å². The smallest absolute Gasteiger partial charge is 0.168 e. The Balaban J connectivity index is 2.11. The molecule has 1 aromatic heterocycles. The Kier molecular flexibility index (Phi) is 3.48. The van der Waals surface area contributed by atoms with Crippen molar-refractivity contribution in [1.82, 2.24) is 4.98 Å². The summed E-state index contributed by atoms with van der Waals surface area (Å²) in [7, 11) is 0. The Morgan fingerprint density at radius 1 is 1.33 bits per heavy atom. The van der Waals surface area contributed by atoms with Gasteiger partial charge in [0.25, 0.3) is 0 Å². The second-order valence-corrected chi connectivity index (χ2v) is 5.29. The molecule has 0 spiro atoms. The molecule has 0 atom stereocenters. The first-order chi connectivity index (χ1) is 7.25. The minimum Gasteiger partial charge on any atom is -0.294 e. The Hall–Kier alpha value is -0.750. The Bertz CT molecular complexity index is 450. The number of benzene rings is 1. The van der Waals surface area contributed by atoms with Crippen LogP contribution in [-0.4, -0.2) is 10.8 Å². The molecule has 4 heteroatoms. The molecule has 0 saturated heterocycles. The van der Waals surface area contributed by atoms with Crippen molar-refractivity contribution in [2.24, 2.45) is 0 Å². The van der Waals surface area contributed by atoms with E-state index in [1.807, 2.05) is 24.3 Å². The first-order valence-corrected chi connectivity index (χ1v) is 6.37. The Labute approximate surface area is 106 Å². The molecule has 0 saturated carbocycles. The monoisotopic (exact) mass is 329 g/mol. The molecule has 2 aromatic rings. The van der Waals surface area contributed by atoms with Crippen molar-refractivity contribution >= 4 is 39.7 Å². The van der Waals surface area contributed by atoms with E-state index in [1.165, 1.54) is 11.3 Å². The molecule has 0 aliphatic rings. The van der Waals surface area contributed by atoms with E-state index in [2.05, 4.69) is 27.6 Å². The number of aromatic nitrogens is 1. The molecule has 15 heavy (non-hydrogen) atoms. The van der Waals surface area contributed by atoms with E-state index in [0.717, 1.165) is 14.0 Å². The number of carbonyl (C=O) groups excluding carboxylic acids is 1. The van der Waals surface area contributed by atoms with Gasteiger partial charge in [-0.1, -0.05) is 12.1 Å². The van der Waals surface area contributed by atoms with Crippen LogP contribution in [0, 0.1) is 3.57 Å². The van der Waals surface area contributed by atoms with Crippen LogP contribution < -0.4 is 0 Å². The molecule has 0 radical (unpaired) electrons. The molecular formula is C11H8INOS. The minimum atomic E-state index is 0.149. The molecule has 0 unspecified atom stereocenters. The largest absolute Gasteiger partial charge is 0.294 e. The van der Waals surface area contributed by atoms with Gasteiger partial charge in [-0.25, -0.2) is 0 Å². The normalized spacial score (nSPS) is 10.2. The standard InChI is InChI=1S/C11H8INOS/c12-9-3-1-8(2-4-9)11(14)5-10-6-13-7-15-10/h1-4,6-7H,5H2. The second-order valence-electron chi connectivity index (χ2n) is 3.07. The van der Waals surface area contributed by atoms with Crippen molar-refractivity contribution in [1.29, 1.82) is 0 Å². The number of thiazole rings is 1. The van der Waals surface area contributed by atoms with Gasteiger partial charge in [-0.15, -0.1) is 11.3 Å². The van der Waals surface area contributed by atoms with Gasteiger partial charge in [0.05, 0.1) is 5.51 Å². The van der Waals surface area contributed by atoms with Crippen LogP contribution >= 0.6 is 33.9 Å². The number of ketones is 1. The summed E-state index contributed by atoms with van der Waals surface area (Å²) in [6, 6.07) is 7.62. The summed E-state index contributed by atoms with van der Waals surface area (Å²) >= 11 is 3.74. The van der Waals surface area contributed by atoms with Crippen LogP contribution in [-0.2, 0) is 6.42 Å². The third kappa shape index (κ3) is 2.85. The summed E-state index contributed by atoms with van der Waals surface area (Å²) in [6.07, 6.45) is 2.19. The summed E-state index contributed by atoms with van der Waals surface area (Å²) < 4.78 is 1.14. The predicted molar refractivity (Wildman–Crippen MR) is 69.3 cm³/mol. The average Bonchev–Trinajstić information content (AvgIpc) is 2.71. The number of hydrogen-bond acceptors (Lipinski definition) is 3. The highest BCUT2D eigenvalue weighted by atomic mass is 127. The minimum absolute atomic E-state index is 0.149. The summed E-state index contributed by atoms with van der Waals surface area (Å²) in [4.78, 5) is 16.8. The van der Waals surface area contributed by atoms with Crippen LogP contribution in [0.3, 0.4) is 0 Å². The zero-order valence-electron chi connectivity index (χ0n) is 7.81. The molecule has 2 nitrogen and oxygen atoms in total. The van der Waals surface area contributed by atoms with Gasteiger partial charge in [-0.05, 0) is 34.7 Å². The van der Waals surface area contributed by atoms with Gasteiger partial charge in [-0.2, -0.15) is 0 Å². The van der Waals surface area contributed by atoms with E-state index in [1.54, 1.807) is 11.7 Å². The molecular weight excluding hydrogens is 321 g/mol. The first kappa shape index (κ1) is 10.8. The lowest BCUT2D eigenvalue weighted by atomic mass is 10.1. The predicted octanol–water partition coefficient (Wildman–Crippen LogP) is 3.17. The number of carbonyl (C=O) groups is 1. The molecule has 0 fully saturated rings. The van der Waals surface area contributed by atoms with E-state index in [4.69, 9.17) is 0 Å². The molecule has 0 aliphatic carbocycles. The number of nitrogens with zero attached hydrogens (tertiary/aromatic N) is 1. The van der Waals surface area contributed by atoms with Gasteiger partial charge in [0.2, 0.25) is 0 Å². The third-order valence-electron chi connectivity index (χ3n) is 1.98. The van der Waals surface area contributed by atoms with E-state index in [0.29, 0.717) is 6.42 Å². The number of hydrogen-bond donors (Lipinski definition) is 0. The molecule has 2 rings (SSSR count). The van der Waals surface area contributed by atoms with Crippen molar-refractivity contribution in [2.75, 3.05) is 0 Å². The van der Waals surface area contributed by atoms with Crippen LogP contribution in [0.1, 0.15) is 15.2 Å². The zero-order chi connectivity index (χ0) is 10.7. The maximum Gasteiger partial charge on any atom is 0.168 e. The van der Waals surface area contributed by atoms with Crippen molar-refractivity contribution in [3.63, 3.8) is 0 Å². The number of Topliss-reactive ketones (excluding diaryl/α,β-unsaturated/α-hetero) is 1. The summed E-state index contributed by atoms with van der Waals surface area (Å²) in [5.41, 5.74) is 2.51. The van der Waals surface area contributed by atoms with E-state index in [9.17, 15) is 4.79 Å². The van der Waals surface area contributed by atoms with Crippen molar-refractivity contribution in [2.45, 2.75) is 6.42 Å². The quantitative estimate of drug-likeness (QED) is 0.640. The Morgan fingerprint density at radius 2 is 2.07 bits per heavy atom. The van der Waals surface area contributed by atoms with Crippen LogP contribution in [0.4, 0.5) is 0 Å². The van der Waals surface area contributed by atoms with Crippen LogP contribution in [0.2, 0.25) is 0 Å². The highest BCUT2D eigenvalue weighted by molar-refractivity contribution is 14.1. The lowest BCUT2D eigenvalue weighted by molar-refractivity contribution is 0.0994. The number of halogens is 1. The summed E-state index contributed by atoms with van der Waals surface area (Å²) in [5.74, 6) is 0.149. The van der Waals surface area contributed by atoms with Gasteiger partial charge in [-0.3, -0.25) is 9.78 Å². The van der Waals surface area contributed by atoms with Gasteiger partial charge >= 0.3 is 0 Å². The highest BCUT2D eigenvalue weighted by Crippen LogP contribution is 2.12. The summed E-state index contributed by atoms with van der Waals surface area (Å²) in [6.45, 7) is 0. The zero-order valence-corrected chi connectivity index (χ0v) is 10.8. The second kappa shape index (κ2) is 4.85. The fourth-order valence-corrected chi connectivity index (χ4v) is 2.18. The highest BCUT2D eigenvalue weighted by Gasteiger charge is 2.07. The first-order valence-electron chi connectivity index (χ1n) is 4.42. The average molecular weight is 329 g/mol. The third-order valence-corrected chi connectivity index (χ3v) is 3.48. The van der Waals surface area contributed by atoms with E-state index < -0.39 is 0 Å².